The summed E-state index contributed by atoms with van der Waals surface area (Å²) in [5, 5.41) is 13.8. The summed E-state index contributed by atoms with van der Waals surface area (Å²) >= 11 is 3.19. The second kappa shape index (κ2) is 7.78. The molecule has 1 aliphatic heterocycles. The van der Waals surface area contributed by atoms with Crippen LogP contribution >= 0.6 is 23.1 Å². The summed E-state index contributed by atoms with van der Waals surface area (Å²) in [7, 11) is 0. The largest absolute Gasteiger partial charge is 0.323 e. The Bertz CT molecular complexity index is 1490. The van der Waals surface area contributed by atoms with Gasteiger partial charge in [-0.15, -0.1) is 21.5 Å². The van der Waals surface area contributed by atoms with Gasteiger partial charge in [0.15, 0.2) is 10.8 Å². The molecule has 3 aliphatic rings. The monoisotopic (exact) mass is 490 g/mol. The molecule has 3 aromatic heterocycles. The molecule has 4 aromatic rings. The standard InChI is InChI=1S/C24H22N6O2S2/c31-18-11-29(16-7-3-2-6-15(16)25-18)19(32)12-33-24-28-27-22-20-14-5-1-4-8-17(14)34-23(20)26-21(30(22)24)13-9-10-13/h2-3,6-7,13H,1,4-5,8-12H2,(H,25,31). The van der Waals surface area contributed by atoms with Gasteiger partial charge in [-0.05, 0) is 56.2 Å². The molecular formula is C24H22N6O2S2. The summed E-state index contributed by atoms with van der Waals surface area (Å²) < 4.78 is 2.09. The maximum Gasteiger partial charge on any atom is 0.244 e. The van der Waals surface area contributed by atoms with E-state index in [4.69, 9.17) is 4.98 Å². The normalized spacial score (nSPS) is 17.6. The van der Waals surface area contributed by atoms with Crippen molar-refractivity contribution in [2.24, 2.45) is 0 Å². The maximum atomic E-state index is 13.2. The quantitative estimate of drug-likeness (QED) is 0.432. The number of aryl methyl sites for hydroxylation is 2. The highest BCUT2D eigenvalue weighted by molar-refractivity contribution is 7.99. The highest BCUT2D eigenvalue weighted by Gasteiger charge is 2.33. The first-order valence-corrected chi connectivity index (χ1v) is 13.5. The number of nitrogens with one attached hydrogen (secondary N) is 1. The number of hydrogen-bond donors (Lipinski definition) is 1. The second-order valence-electron chi connectivity index (χ2n) is 9.11. The number of amides is 2. The smallest absolute Gasteiger partial charge is 0.244 e. The van der Waals surface area contributed by atoms with Gasteiger partial charge in [0.2, 0.25) is 11.8 Å². The Balaban J connectivity index is 1.25. The lowest BCUT2D eigenvalue weighted by Crippen LogP contribution is -2.43. The Morgan fingerprint density at radius 2 is 2.03 bits per heavy atom. The van der Waals surface area contributed by atoms with Crippen LogP contribution in [0.2, 0.25) is 0 Å². The molecule has 0 unspecified atom stereocenters. The SMILES string of the molecule is O=C1CN(C(=O)CSc2nnc3c4c5c(sc4nc(C4CC4)n23)CCCC5)c2ccccc2N1. The van der Waals surface area contributed by atoms with Gasteiger partial charge in [0.1, 0.15) is 17.2 Å². The summed E-state index contributed by atoms with van der Waals surface area (Å²) in [5.41, 5.74) is 3.66. The van der Waals surface area contributed by atoms with Gasteiger partial charge < -0.3 is 10.2 Å². The minimum Gasteiger partial charge on any atom is -0.323 e. The Morgan fingerprint density at radius 1 is 1.18 bits per heavy atom. The Labute approximate surface area is 203 Å². The van der Waals surface area contributed by atoms with Crippen LogP contribution in [0.4, 0.5) is 11.4 Å². The predicted octanol–water partition coefficient (Wildman–Crippen LogP) is 4.17. The van der Waals surface area contributed by atoms with Gasteiger partial charge in [0, 0.05) is 10.8 Å². The molecule has 10 heteroatoms. The molecule has 0 atom stereocenters. The Kier molecular flexibility index (Phi) is 4.67. The van der Waals surface area contributed by atoms with Crippen LogP contribution in [-0.2, 0) is 22.4 Å². The van der Waals surface area contributed by atoms with Crippen molar-refractivity contribution in [3.05, 3.63) is 40.5 Å². The topological polar surface area (TPSA) is 92.5 Å². The van der Waals surface area contributed by atoms with Crippen LogP contribution in [0.1, 0.15) is 47.9 Å². The highest BCUT2D eigenvalue weighted by atomic mass is 32.2. The van der Waals surface area contributed by atoms with Gasteiger partial charge >= 0.3 is 0 Å². The molecule has 34 heavy (non-hydrogen) atoms. The minimum atomic E-state index is -0.185. The number of thiophene rings is 1. The lowest BCUT2D eigenvalue weighted by Gasteiger charge is -2.28. The molecule has 172 valence electrons. The first-order chi connectivity index (χ1) is 16.7. The van der Waals surface area contributed by atoms with Gasteiger partial charge in [-0.1, -0.05) is 23.9 Å². The molecule has 2 aliphatic carbocycles. The van der Waals surface area contributed by atoms with Crippen LogP contribution in [0.15, 0.2) is 29.4 Å². The number of hydrogen-bond acceptors (Lipinski definition) is 7. The van der Waals surface area contributed by atoms with Crippen molar-refractivity contribution in [1.29, 1.82) is 0 Å². The van der Waals surface area contributed by atoms with Crippen LogP contribution in [0.25, 0.3) is 15.9 Å². The number of anilines is 2. The third kappa shape index (κ3) is 3.23. The number of thioether (sulfide) groups is 1. The number of benzene rings is 1. The van der Waals surface area contributed by atoms with Crippen LogP contribution in [-0.4, -0.2) is 43.7 Å². The van der Waals surface area contributed by atoms with E-state index in [0.717, 1.165) is 53.1 Å². The molecule has 1 fully saturated rings. The van der Waals surface area contributed by atoms with Gasteiger partial charge in [-0.25, -0.2) is 4.98 Å². The molecule has 2 amide bonds. The molecule has 7 rings (SSSR count). The molecule has 1 aromatic carbocycles. The lowest BCUT2D eigenvalue weighted by molar-refractivity contribution is -0.120. The van der Waals surface area contributed by atoms with Crippen molar-refractivity contribution in [2.45, 2.75) is 49.6 Å². The van der Waals surface area contributed by atoms with E-state index in [-0.39, 0.29) is 24.1 Å². The number of aromatic nitrogens is 4. The van der Waals surface area contributed by atoms with E-state index in [0.29, 0.717) is 16.8 Å². The first-order valence-electron chi connectivity index (χ1n) is 11.7. The number of nitrogens with zero attached hydrogens (tertiary/aromatic N) is 5. The first kappa shape index (κ1) is 20.4. The van der Waals surface area contributed by atoms with Crippen molar-refractivity contribution >= 4 is 62.2 Å². The lowest BCUT2D eigenvalue weighted by atomic mass is 9.97. The van der Waals surface area contributed by atoms with E-state index in [1.54, 1.807) is 4.90 Å². The van der Waals surface area contributed by atoms with Gasteiger partial charge in [0.05, 0.1) is 22.5 Å². The molecule has 0 spiro atoms. The summed E-state index contributed by atoms with van der Waals surface area (Å²) in [6, 6.07) is 7.39. The highest BCUT2D eigenvalue weighted by Crippen LogP contribution is 2.44. The van der Waals surface area contributed by atoms with Crippen molar-refractivity contribution in [3.8, 4) is 0 Å². The van der Waals surface area contributed by atoms with Crippen molar-refractivity contribution in [1.82, 2.24) is 19.6 Å². The van der Waals surface area contributed by atoms with E-state index in [2.05, 4.69) is 19.9 Å². The molecule has 8 nitrogen and oxygen atoms in total. The summed E-state index contributed by atoms with van der Waals surface area (Å²) in [4.78, 5) is 34.5. The van der Waals surface area contributed by atoms with E-state index in [1.807, 2.05) is 35.6 Å². The second-order valence-corrected chi connectivity index (χ2v) is 11.1. The molecule has 0 bridgehead atoms. The Hall–Kier alpha value is -2.98. The molecule has 0 radical (unpaired) electrons. The van der Waals surface area contributed by atoms with Crippen LogP contribution < -0.4 is 10.2 Å². The van der Waals surface area contributed by atoms with E-state index >= 15 is 0 Å². The average molecular weight is 491 g/mol. The fourth-order valence-electron chi connectivity index (χ4n) is 5.02. The van der Waals surface area contributed by atoms with E-state index < -0.39 is 0 Å². The summed E-state index contributed by atoms with van der Waals surface area (Å²) in [5.74, 6) is 1.30. The number of carbonyl (C=O) groups is 2. The molecular weight excluding hydrogens is 468 g/mol. The fraction of sp³-hybridized carbons (Fsp3) is 0.375. The van der Waals surface area contributed by atoms with Crippen molar-refractivity contribution in [3.63, 3.8) is 0 Å². The molecule has 1 saturated carbocycles. The zero-order valence-electron chi connectivity index (χ0n) is 18.4. The summed E-state index contributed by atoms with van der Waals surface area (Å²) in [6.45, 7) is 0.0214. The molecule has 4 heterocycles. The van der Waals surface area contributed by atoms with Gasteiger partial charge in [-0.2, -0.15) is 0 Å². The van der Waals surface area contributed by atoms with E-state index in [9.17, 15) is 9.59 Å². The van der Waals surface area contributed by atoms with Gasteiger partial charge in [0.25, 0.3) is 0 Å². The zero-order chi connectivity index (χ0) is 22.8. The zero-order valence-corrected chi connectivity index (χ0v) is 20.0. The number of rotatable bonds is 4. The molecule has 1 N–H and O–H groups in total. The Morgan fingerprint density at radius 3 is 2.91 bits per heavy atom. The number of carbonyl (C=O) groups excluding carboxylic acids is 2. The van der Waals surface area contributed by atoms with Crippen LogP contribution in [0.3, 0.4) is 0 Å². The third-order valence-electron chi connectivity index (χ3n) is 6.79. The van der Waals surface area contributed by atoms with E-state index in [1.165, 1.54) is 35.0 Å². The van der Waals surface area contributed by atoms with Gasteiger partial charge in [-0.3, -0.25) is 14.0 Å². The molecule has 0 saturated heterocycles. The predicted molar refractivity (Wildman–Crippen MR) is 133 cm³/mol. The number of para-hydroxylation sites is 2. The summed E-state index contributed by atoms with van der Waals surface area (Å²) in [6.07, 6.45) is 6.87. The van der Waals surface area contributed by atoms with Crippen molar-refractivity contribution in [2.75, 3.05) is 22.5 Å². The minimum absolute atomic E-state index is 0.0214. The van der Waals surface area contributed by atoms with Crippen LogP contribution in [0, 0.1) is 0 Å². The fourth-order valence-corrected chi connectivity index (χ4v) is 7.10. The van der Waals surface area contributed by atoms with Crippen LogP contribution in [0.5, 0.6) is 0 Å². The average Bonchev–Trinajstić information content (AvgIpc) is 3.50. The van der Waals surface area contributed by atoms with Crippen molar-refractivity contribution < 1.29 is 9.59 Å². The maximum absolute atomic E-state index is 13.2. The number of fused-ring (bicyclic) bond motifs is 6. The third-order valence-corrected chi connectivity index (χ3v) is 8.89.